The first-order valence-electron chi connectivity index (χ1n) is 8.51. The second kappa shape index (κ2) is 9.79. The van der Waals surface area contributed by atoms with Crippen molar-refractivity contribution in [2.75, 3.05) is 0 Å². The summed E-state index contributed by atoms with van der Waals surface area (Å²) in [5, 5.41) is 0. The van der Waals surface area contributed by atoms with Gasteiger partial charge in [0.25, 0.3) is 0 Å². The van der Waals surface area contributed by atoms with Crippen LogP contribution in [0.5, 0.6) is 0 Å². The lowest BCUT2D eigenvalue weighted by atomic mass is 9.88. The molecule has 0 aliphatic heterocycles. The van der Waals surface area contributed by atoms with E-state index in [-0.39, 0.29) is 12.8 Å². The van der Waals surface area contributed by atoms with Crippen LogP contribution in [0.3, 0.4) is 0 Å². The molecule has 0 radical (unpaired) electrons. The smallest absolute Gasteiger partial charge is 0.218 e. The van der Waals surface area contributed by atoms with Gasteiger partial charge in [-0.05, 0) is 53.4 Å². The molecule has 6 heteroatoms. The molecule has 0 saturated carbocycles. The summed E-state index contributed by atoms with van der Waals surface area (Å²) in [5.41, 5.74) is -3.56. The number of rotatable bonds is 13. The van der Waals surface area contributed by atoms with E-state index in [1.165, 1.54) is 27.7 Å². The summed E-state index contributed by atoms with van der Waals surface area (Å²) < 4.78 is 0. The first kappa shape index (κ1) is 22.6. The highest BCUT2D eigenvalue weighted by Crippen LogP contribution is 2.29. The molecular formula is C18H30O6. The normalized spacial score (nSPS) is 12.1. The molecule has 0 fully saturated rings. The average molecular weight is 342 g/mol. The Morgan fingerprint density at radius 1 is 0.625 bits per heavy atom. The summed E-state index contributed by atoms with van der Waals surface area (Å²) in [5.74, 6) is -2.00. The van der Waals surface area contributed by atoms with Crippen LogP contribution in [-0.2, 0) is 29.0 Å². The number of hydrogen-bond acceptors (Lipinski definition) is 6. The van der Waals surface area contributed by atoms with Crippen molar-refractivity contribution in [2.24, 2.45) is 0 Å². The molecule has 138 valence electrons. The molecule has 0 atom stereocenters. The number of carbonyl (C=O) groups excluding carboxylic acids is 4. The van der Waals surface area contributed by atoms with Gasteiger partial charge in [0.2, 0.25) is 11.2 Å². The fourth-order valence-electron chi connectivity index (χ4n) is 2.51. The van der Waals surface area contributed by atoms with E-state index in [0.717, 1.165) is 12.8 Å². The van der Waals surface area contributed by atoms with E-state index in [1.807, 2.05) is 13.8 Å². The Morgan fingerprint density at radius 3 is 1.04 bits per heavy atom. The van der Waals surface area contributed by atoms with Gasteiger partial charge in [0.05, 0.1) is 0 Å². The van der Waals surface area contributed by atoms with Crippen LogP contribution in [0.2, 0.25) is 0 Å². The van der Waals surface area contributed by atoms with Crippen LogP contribution in [0, 0.1) is 0 Å². The Bertz CT molecular complexity index is 408. The lowest BCUT2D eigenvalue weighted by Crippen LogP contribution is -2.53. The van der Waals surface area contributed by atoms with Gasteiger partial charge < -0.3 is 0 Å². The van der Waals surface area contributed by atoms with Gasteiger partial charge >= 0.3 is 0 Å². The highest BCUT2D eigenvalue weighted by atomic mass is 17.2. The quantitative estimate of drug-likeness (QED) is 0.290. The molecule has 0 N–H and O–H groups in total. The number of unbranched alkanes of at least 4 members (excludes halogenated alkanes) is 2. The van der Waals surface area contributed by atoms with Crippen molar-refractivity contribution in [1.29, 1.82) is 0 Å². The zero-order valence-electron chi connectivity index (χ0n) is 15.7. The van der Waals surface area contributed by atoms with E-state index in [9.17, 15) is 19.2 Å². The maximum absolute atomic E-state index is 12.1. The highest BCUT2D eigenvalue weighted by molar-refractivity contribution is 6.09. The molecule has 24 heavy (non-hydrogen) atoms. The molecule has 0 aliphatic rings. The molecule has 0 aromatic rings. The molecule has 0 amide bonds. The maximum Gasteiger partial charge on any atom is 0.218 e. The molecule has 0 unspecified atom stereocenters. The monoisotopic (exact) mass is 342 g/mol. The minimum atomic E-state index is -1.78. The van der Waals surface area contributed by atoms with Gasteiger partial charge in [0, 0.05) is 0 Å². The second-order valence-electron chi connectivity index (χ2n) is 6.25. The highest BCUT2D eigenvalue weighted by Gasteiger charge is 2.49. The first-order valence-corrected chi connectivity index (χ1v) is 8.51. The minimum absolute atomic E-state index is 0.147. The predicted molar refractivity (Wildman–Crippen MR) is 89.4 cm³/mol. The molecular weight excluding hydrogens is 312 g/mol. The van der Waals surface area contributed by atoms with Crippen molar-refractivity contribution >= 4 is 23.1 Å². The van der Waals surface area contributed by atoms with Gasteiger partial charge in [-0.3, -0.25) is 19.2 Å². The van der Waals surface area contributed by atoms with Crippen LogP contribution >= 0.6 is 0 Å². The summed E-state index contributed by atoms with van der Waals surface area (Å²) in [6, 6.07) is 0. The SMILES string of the molecule is CCCCC(OOC(CCCC)(C(C)=O)C(C)=O)(C(C)=O)C(C)=O. The molecule has 0 rings (SSSR count). The Balaban J connectivity index is 5.66. The Morgan fingerprint density at radius 2 is 0.875 bits per heavy atom. The molecule has 0 spiro atoms. The van der Waals surface area contributed by atoms with Crippen LogP contribution in [0.25, 0.3) is 0 Å². The third kappa shape index (κ3) is 5.05. The van der Waals surface area contributed by atoms with E-state index < -0.39 is 34.3 Å². The standard InChI is InChI=1S/C18H30O6/c1-7-9-11-17(13(3)19,14(4)20)23-24-18(15(5)21,16(6)22)12-10-8-2/h7-12H2,1-6H3. The molecule has 0 aromatic carbocycles. The van der Waals surface area contributed by atoms with Crippen molar-refractivity contribution in [1.82, 2.24) is 0 Å². The Hall–Kier alpha value is -1.40. The van der Waals surface area contributed by atoms with E-state index in [1.54, 1.807) is 0 Å². The Kier molecular flexibility index (Phi) is 9.22. The summed E-state index contributed by atoms with van der Waals surface area (Å²) in [7, 11) is 0. The van der Waals surface area contributed by atoms with Crippen molar-refractivity contribution in [3.8, 4) is 0 Å². The van der Waals surface area contributed by atoms with Crippen molar-refractivity contribution < 1.29 is 29.0 Å². The largest absolute Gasteiger partial charge is 0.296 e. The van der Waals surface area contributed by atoms with Crippen LogP contribution in [0.1, 0.15) is 80.1 Å². The van der Waals surface area contributed by atoms with E-state index in [4.69, 9.17) is 9.78 Å². The van der Waals surface area contributed by atoms with Gasteiger partial charge in [-0.2, -0.15) is 0 Å². The second-order valence-corrected chi connectivity index (χ2v) is 6.25. The van der Waals surface area contributed by atoms with E-state index >= 15 is 0 Å². The van der Waals surface area contributed by atoms with Crippen molar-refractivity contribution in [3.05, 3.63) is 0 Å². The van der Waals surface area contributed by atoms with Crippen LogP contribution in [0.4, 0.5) is 0 Å². The van der Waals surface area contributed by atoms with Crippen LogP contribution in [-0.4, -0.2) is 34.3 Å². The van der Waals surface area contributed by atoms with E-state index in [2.05, 4.69) is 0 Å². The van der Waals surface area contributed by atoms with Crippen molar-refractivity contribution in [2.45, 2.75) is 91.3 Å². The summed E-state index contributed by atoms with van der Waals surface area (Å²) >= 11 is 0. The van der Waals surface area contributed by atoms with Gasteiger partial charge in [0.1, 0.15) is 0 Å². The van der Waals surface area contributed by atoms with E-state index in [0.29, 0.717) is 12.8 Å². The summed E-state index contributed by atoms with van der Waals surface area (Å²) in [4.78, 5) is 59.0. The topological polar surface area (TPSA) is 86.7 Å². The number of carbonyl (C=O) groups is 4. The van der Waals surface area contributed by atoms with Gasteiger partial charge in [-0.25, -0.2) is 9.78 Å². The average Bonchev–Trinajstić information content (AvgIpc) is 2.49. The fraction of sp³-hybridized carbons (Fsp3) is 0.778. The van der Waals surface area contributed by atoms with Gasteiger partial charge in [-0.1, -0.05) is 26.7 Å². The number of hydrogen-bond donors (Lipinski definition) is 0. The maximum atomic E-state index is 12.1. The third-order valence-corrected chi connectivity index (χ3v) is 4.37. The zero-order chi connectivity index (χ0) is 19.0. The molecule has 0 saturated heterocycles. The Labute approximate surface area is 144 Å². The lowest BCUT2D eigenvalue weighted by molar-refractivity contribution is -0.376. The zero-order valence-corrected chi connectivity index (χ0v) is 15.7. The first-order chi connectivity index (χ1) is 11.1. The molecule has 0 bridgehead atoms. The third-order valence-electron chi connectivity index (χ3n) is 4.37. The molecule has 0 heterocycles. The van der Waals surface area contributed by atoms with Gasteiger partial charge in [0.15, 0.2) is 23.1 Å². The molecule has 0 aromatic heterocycles. The van der Waals surface area contributed by atoms with Crippen LogP contribution in [0.15, 0.2) is 0 Å². The summed E-state index contributed by atoms with van der Waals surface area (Å²) in [6.45, 7) is 8.82. The minimum Gasteiger partial charge on any atom is -0.296 e. The molecule has 0 aliphatic carbocycles. The number of Topliss-reactive ketones (excluding diaryl/α,β-unsaturated/α-hetero) is 4. The summed E-state index contributed by atoms with van der Waals surface area (Å²) in [6.07, 6.45) is 2.95. The van der Waals surface area contributed by atoms with Crippen molar-refractivity contribution in [3.63, 3.8) is 0 Å². The lowest BCUT2D eigenvalue weighted by Gasteiger charge is -2.33. The van der Waals surface area contributed by atoms with Gasteiger partial charge in [-0.15, -0.1) is 0 Å². The predicted octanol–water partition coefficient (Wildman–Crippen LogP) is 3.15. The number of ketones is 4. The van der Waals surface area contributed by atoms with Crippen LogP contribution < -0.4 is 0 Å². The fourth-order valence-corrected chi connectivity index (χ4v) is 2.51. The molecule has 6 nitrogen and oxygen atoms in total.